The molecule has 0 bridgehead atoms. The minimum Gasteiger partial charge on any atom is -0.490 e. The Kier molecular flexibility index (Phi) is 29.0. The largest absolute Gasteiger partial charge is 0.490 e. The number of rotatable bonds is 37. The van der Waals surface area contributed by atoms with Gasteiger partial charge in [-0.3, -0.25) is 4.79 Å². The quantitative estimate of drug-likeness (QED) is 0.00928. The molecule has 0 saturated heterocycles. The fraction of sp³-hybridized carbons (Fsp3) is 0.262. The normalized spacial score (nSPS) is 12.0. The third-order valence-corrected chi connectivity index (χ3v) is 15.3. The van der Waals surface area contributed by atoms with Crippen molar-refractivity contribution in [1.82, 2.24) is 10.6 Å². The number of thioether (sulfide) groups is 3. The Morgan fingerprint density at radius 3 is 1.06 bits per heavy atom. The van der Waals surface area contributed by atoms with Gasteiger partial charge in [0.25, 0.3) is 0 Å². The molecule has 6 rings (SSSR count). The number of nitrogens with one attached hydrogen (secondary N) is 2. The van der Waals surface area contributed by atoms with Gasteiger partial charge in [0.2, 0.25) is 0 Å². The monoisotopic (exact) mass is 1210 g/mol. The second-order valence-electron chi connectivity index (χ2n) is 18.2. The zero-order valence-corrected chi connectivity index (χ0v) is 49.2. The average molecular weight is 1210 g/mol. The predicted molar refractivity (Wildman–Crippen MR) is 327 cm³/mol. The molecule has 85 heavy (non-hydrogen) atoms. The molecular weight excluding hydrogens is 1140 g/mol. The molecule has 3 atom stereocenters. The van der Waals surface area contributed by atoms with E-state index in [4.69, 9.17) is 42.6 Å². The molecule has 0 aromatic heterocycles. The molecule has 0 fully saturated rings. The maximum atomic E-state index is 13.0. The van der Waals surface area contributed by atoms with Gasteiger partial charge in [0.15, 0.2) is 0 Å². The lowest BCUT2D eigenvalue weighted by Gasteiger charge is -2.22. The molecule has 17 nitrogen and oxygen atoms in total. The van der Waals surface area contributed by atoms with Crippen molar-refractivity contribution in [3.05, 3.63) is 218 Å². The number of carbonyl (C=O) groups excluding carboxylic acids is 6. The van der Waals surface area contributed by atoms with Gasteiger partial charge in [-0.25, -0.2) is 24.0 Å². The summed E-state index contributed by atoms with van der Waals surface area (Å²) < 4.78 is 51.2. The second kappa shape index (κ2) is 37.6. The summed E-state index contributed by atoms with van der Waals surface area (Å²) in [7, 11) is 0. The van der Waals surface area contributed by atoms with Crippen molar-refractivity contribution in [2.75, 3.05) is 70.0 Å². The molecule has 6 aromatic rings. The Morgan fingerprint density at radius 1 is 0.412 bits per heavy atom. The van der Waals surface area contributed by atoms with Crippen molar-refractivity contribution in [1.29, 1.82) is 0 Å². The average Bonchev–Trinajstić information content (AvgIpc) is 3.73. The van der Waals surface area contributed by atoms with E-state index in [9.17, 15) is 28.8 Å². The summed E-state index contributed by atoms with van der Waals surface area (Å²) in [5.74, 6) is 0.317. The lowest BCUT2D eigenvalue weighted by Crippen LogP contribution is -2.35. The van der Waals surface area contributed by atoms with Crippen molar-refractivity contribution < 1.29 is 71.4 Å². The Hall–Kier alpha value is -8.59. The van der Waals surface area contributed by atoms with Gasteiger partial charge in [-0.15, -0.1) is 35.3 Å². The van der Waals surface area contributed by atoms with Gasteiger partial charge >= 0.3 is 36.1 Å². The zero-order chi connectivity index (χ0) is 60.3. The standard InChI is InChI=1S/C65H68N2O15S3/c1-4-59(68)74-38-16-23-62(71)80-53(44-83-56-17-10-7-11-18-56)41-77-50-30-24-47(25-31-50)63(48-26-32-51(33-27-48)78-42-54(45-84-57-19-12-8-13-20-57)81-64(72)66-36-39-75-60(69)5-2)49-28-34-52(35-29-49)79-43-55(46-85-58-21-14-9-15-22-58)82-65(73)67-37-40-76-61(70)6-3/h4-15,17-22,24-35,53-55,63H,1-3,16,23,36-46H2,(H,66,72)(H,67,73). The predicted octanol–water partition coefficient (Wildman–Crippen LogP) is 11.4. The highest BCUT2D eigenvalue weighted by molar-refractivity contribution is 7.99. The van der Waals surface area contributed by atoms with Crippen LogP contribution in [-0.2, 0) is 47.6 Å². The third kappa shape index (κ3) is 25.4. The van der Waals surface area contributed by atoms with Gasteiger partial charge < -0.3 is 53.3 Å². The first-order valence-electron chi connectivity index (χ1n) is 27.1. The minimum atomic E-state index is -0.689. The topological polar surface area (TPSA) is 210 Å². The van der Waals surface area contributed by atoms with Crippen molar-refractivity contribution in [2.24, 2.45) is 0 Å². The number of esters is 4. The van der Waals surface area contributed by atoms with Gasteiger partial charge in [-0.05, 0) is 95.9 Å². The number of hydrogen-bond donors (Lipinski definition) is 2. The summed E-state index contributed by atoms with van der Waals surface area (Å²) in [6.07, 6.45) is 0.187. The van der Waals surface area contributed by atoms with Gasteiger partial charge in [0.1, 0.15) is 68.6 Å². The highest BCUT2D eigenvalue weighted by atomic mass is 32.2. The van der Waals surface area contributed by atoms with E-state index in [-0.39, 0.29) is 65.1 Å². The zero-order valence-electron chi connectivity index (χ0n) is 46.8. The van der Waals surface area contributed by atoms with Crippen LogP contribution in [-0.4, -0.2) is 124 Å². The van der Waals surface area contributed by atoms with Crippen LogP contribution in [0.2, 0.25) is 0 Å². The van der Waals surface area contributed by atoms with Crippen LogP contribution < -0.4 is 24.8 Å². The van der Waals surface area contributed by atoms with Crippen LogP contribution in [0.1, 0.15) is 35.4 Å². The van der Waals surface area contributed by atoms with E-state index in [1.807, 2.05) is 164 Å². The van der Waals surface area contributed by atoms with Crippen molar-refractivity contribution in [3.63, 3.8) is 0 Å². The molecule has 0 saturated carbocycles. The maximum Gasteiger partial charge on any atom is 0.407 e. The smallest absolute Gasteiger partial charge is 0.407 e. The summed E-state index contributed by atoms with van der Waals surface area (Å²) >= 11 is 4.56. The van der Waals surface area contributed by atoms with Crippen LogP contribution in [0.5, 0.6) is 17.2 Å². The van der Waals surface area contributed by atoms with Gasteiger partial charge in [0, 0.05) is 62.5 Å². The number of hydrogen-bond acceptors (Lipinski definition) is 18. The molecule has 20 heteroatoms. The third-order valence-electron chi connectivity index (χ3n) is 11.8. The highest BCUT2D eigenvalue weighted by Crippen LogP contribution is 2.35. The molecule has 446 valence electrons. The van der Waals surface area contributed by atoms with E-state index in [1.165, 1.54) is 35.3 Å². The van der Waals surface area contributed by atoms with Crippen molar-refractivity contribution in [2.45, 2.75) is 51.8 Å². The van der Waals surface area contributed by atoms with Crippen LogP contribution in [0.25, 0.3) is 0 Å². The van der Waals surface area contributed by atoms with Crippen molar-refractivity contribution in [3.8, 4) is 17.2 Å². The van der Waals surface area contributed by atoms with E-state index >= 15 is 0 Å². The SMILES string of the molecule is C=CC(=O)OCCCC(=O)OC(COc1ccc(C(c2ccc(OCC(CSc3ccccc3)OC(=O)NCCOC(=O)C=C)cc2)c2ccc(OCC(CSc3ccccc3)OC(=O)NCCOC(=O)C=C)cc2)cc1)CSc1ccccc1. The Balaban J connectivity index is 1.18. The first kappa shape index (κ1) is 65.6. The van der Waals surface area contributed by atoms with Gasteiger partial charge in [-0.2, -0.15) is 0 Å². The molecule has 0 radical (unpaired) electrons. The van der Waals surface area contributed by atoms with Gasteiger partial charge in [0.05, 0.1) is 19.7 Å². The highest BCUT2D eigenvalue weighted by Gasteiger charge is 2.22. The fourth-order valence-corrected chi connectivity index (χ4v) is 10.4. The van der Waals surface area contributed by atoms with Crippen molar-refractivity contribution >= 4 is 71.3 Å². The van der Waals surface area contributed by atoms with Gasteiger partial charge in [-0.1, -0.05) is 111 Å². The summed E-state index contributed by atoms with van der Waals surface area (Å²) in [4.78, 5) is 76.1. The van der Waals surface area contributed by atoms with E-state index < -0.39 is 54.4 Å². The summed E-state index contributed by atoms with van der Waals surface area (Å²) in [6.45, 7) is 10.3. The summed E-state index contributed by atoms with van der Waals surface area (Å²) in [5.41, 5.74) is 2.75. The molecule has 3 unspecified atom stereocenters. The minimum absolute atomic E-state index is 0.0391. The summed E-state index contributed by atoms with van der Waals surface area (Å²) in [5, 5.41) is 5.22. The lowest BCUT2D eigenvalue weighted by molar-refractivity contribution is -0.150. The lowest BCUT2D eigenvalue weighted by atomic mass is 9.85. The van der Waals surface area contributed by atoms with Crippen LogP contribution in [0.15, 0.2) is 216 Å². The Labute approximate surface area is 508 Å². The number of alkyl carbamates (subject to hydrolysis) is 2. The molecule has 2 N–H and O–H groups in total. The van der Waals surface area contributed by atoms with Crippen LogP contribution in [0.4, 0.5) is 9.59 Å². The van der Waals surface area contributed by atoms with E-state index in [0.29, 0.717) is 40.9 Å². The van der Waals surface area contributed by atoms with Crippen LogP contribution in [0.3, 0.4) is 0 Å². The Bertz CT molecular complexity index is 2700. The van der Waals surface area contributed by atoms with Crippen LogP contribution >= 0.6 is 35.3 Å². The summed E-state index contributed by atoms with van der Waals surface area (Å²) in [6, 6.07) is 52.1. The maximum absolute atomic E-state index is 13.0. The number of carbonyl (C=O) groups is 6. The molecule has 0 aliphatic heterocycles. The first-order valence-corrected chi connectivity index (χ1v) is 30.1. The molecule has 0 aliphatic rings. The van der Waals surface area contributed by atoms with Crippen LogP contribution in [0, 0.1) is 0 Å². The second-order valence-corrected chi connectivity index (χ2v) is 21.5. The first-order chi connectivity index (χ1) is 41.5. The van der Waals surface area contributed by atoms with E-state index in [0.717, 1.165) is 49.6 Å². The molecule has 6 aromatic carbocycles. The molecule has 2 amide bonds. The number of ether oxygens (including phenoxy) is 9. The van der Waals surface area contributed by atoms with E-state index in [1.54, 1.807) is 0 Å². The molecule has 0 spiro atoms. The Morgan fingerprint density at radius 2 is 0.729 bits per heavy atom. The number of amides is 2. The number of benzene rings is 6. The molecular formula is C65H68N2O15S3. The molecule has 0 heterocycles. The fourth-order valence-electron chi connectivity index (χ4n) is 7.69. The van der Waals surface area contributed by atoms with E-state index in [2.05, 4.69) is 30.4 Å². The molecule has 0 aliphatic carbocycles.